The van der Waals surface area contributed by atoms with Crippen LogP contribution in [0.15, 0.2) is 36.4 Å². The normalized spacial score (nSPS) is 22.6. The molecule has 1 N–H and O–H groups in total. The lowest BCUT2D eigenvalue weighted by Crippen LogP contribution is -2.48. The van der Waals surface area contributed by atoms with Gasteiger partial charge in [0.25, 0.3) is 5.91 Å². The van der Waals surface area contributed by atoms with Crippen LogP contribution in [-0.2, 0) is 9.53 Å². The van der Waals surface area contributed by atoms with E-state index >= 15 is 0 Å². The smallest absolute Gasteiger partial charge is 0.256 e. The summed E-state index contributed by atoms with van der Waals surface area (Å²) in [6, 6.07) is 11.9. The molecule has 1 fully saturated rings. The third-order valence-electron chi connectivity index (χ3n) is 5.38. The van der Waals surface area contributed by atoms with Crippen molar-refractivity contribution >= 4 is 22.4 Å². The molecule has 0 unspecified atom stereocenters. The van der Waals surface area contributed by atoms with Crippen LogP contribution < -0.4 is 10.1 Å². The zero-order valence-corrected chi connectivity index (χ0v) is 16.7. The summed E-state index contributed by atoms with van der Waals surface area (Å²) in [6.45, 7) is 7.50. The van der Waals surface area contributed by atoms with Crippen molar-refractivity contribution in [1.29, 1.82) is 0 Å². The van der Waals surface area contributed by atoms with Crippen LogP contribution in [0.3, 0.4) is 0 Å². The number of hydrogen-bond donors (Lipinski definition) is 1. The number of anilines is 1. The van der Waals surface area contributed by atoms with Gasteiger partial charge in [-0.1, -0.05) is 44.5 Å². The highest BCUT2D eigenvalue weighted by Gasteiger charge is 2.42. The molecule has 1 aliphatic carbocycles. The van der Waals surface area contributed by atoms with Crippen molar-refractivity contribution in [3.8, 4) is 5.75 Å². The Bertz CT molecular complexity index is 788. The Hall–Kier alpha value is -2.07. The van der Waals surface area contributed by atoms with Crippen molar-refractivity contribution < 1.29 is 14.3 Å². The van der Waals surface area contributed by atoms with Crippen LogP contribution in [0.2, 0.25) is 0 Å². The molecule has 146 valence electrons. The molecule has 3 rings (SSSR count). The summed E-state index contributed by atoms with van der Waals surface area (Å²) in [6.07, 6.45) is 4.68. The second-order valence-electron chi connectivity index (χ2n) is 7.59. The van der Waals surface area contributed by atoms with E-state index in [1.165, 1.54) is 0 Å². The highest BCUT2D eigenvalue weighted by atomic mass is 16.5. The van der Waals surface area contributed by atoms with E-state index in [-0.39, 0.29) is 5.91 Å². The Morgan fingerprint density at radius 2 is 1.96 bits per heavy atom. The molecule has 0 spiro atoms. The van der Waals surface area contributed by atoms with Gasteiger partial charge in [0.05, 0.1) is 6.61 Å². The molecular weight excluding hydrogens is 338 g/mol. The molecule has 2 atom stereocenters. The summed E-state index contributed by atoms with van der Waals surface area (Å²) in [5, 5.41) is 5.18. The van der Waals surface area contributed by atoms with Gasteiger partial charge in [-0.15, -0.1) is 0 Å². The van der Waals surface area contributed by atoms with E-state index < -0.39 is 5.60 Å². The maximum Gasteiger partial charge on any atom is 0.256 e. The molecule has 0 radical (unpaired) electrons. The summed E-state index contributed by atoms with van der Waals surface area (Å²) in [5.41, 5.74) is 0.102. The maximum atomic E-state index is 13.3. The van der Waals surface area contributed by atoms with Gasteiger partial charge in [-0.3, -0.25) is 4.79 Å². The molecule has 1 saturated carbocycles. The van der Waals surface area contributed by atoms with Crippen molar-refractivity contribution in [2.75, 3.05) is 18.5 Å². The molecule has 4 heteroatoms. The average Bonchev–Trinajstić information content (AvgIpc) is 2.68. The van der Waals surface area contributed by atoms with Gasteiger partial charge in [0.15, 0.2) is 0 Å². The largest absolute Gasteiger partial charge is 0.493 e. The molecule has 2 aromatic rings. The van der Waals surface area contributed by atoms with Crippen LogP contribution in [0.1, 0.15) is 52.9 Å². The highest BCUT2D eigenvalue weighted by molar-refractivity contribution is 6.06. The lowest BCUT2D eigenvalue weighted by atomic mass is 9.78. The third-order valence-corrected chi connectivity index (χ3v) is 5.38. The van der Waals surface area contributed by atoms with E-state index in [1.54, 1.807) is 0 Å². The number of rotatable bonds is 7. The van der Waals surface area contributed by atoms with Crippen LogP contribution in [0.25, 0.3) is 10.8 Å². The topological polar surface area (TPSA) is 47.6 Å². The first-order valence-electron chi connectivity index (χ1n) is 10.2. The molecule has 0 aliphatic heterocycles. The predicted octanol–water partition coefficient (Wildman–Crippen LogP) is 5.55. The number of fused-ring (bicyclic) bond motifs is 1. The number of carbonyl (C=O) groups excluding carboxylic acids is 1. The quantitative estimate of drug-likeness (QED) is 0.696. The van der Waals surface area contributed by atoms with E-state index in [0.717, 1.165) is 54.3 Å². The number of amides is 1. The van der Waals surface area contributed by atoms with Gasteiger partial charge >= 0.3 is 0 Å². The SMILES string of the molecule is CCCO[C@]1(C(=O)Nc2ccc(OCC)c3ccccc23)CCC[C@H](C)C1. The molecule has 0 saturated heterocycles. The molecule has 27 heavy (non-hydrogen) atoms. The van der Waals surface area contributed by atoms with E-state index in [9.17, 15) is 4.79 Å². The Balaban J connectivity index is 1.91. The van der Waals surface area contributed by atoms with Crippen molar-refractivity contribution in [3.05, 3.63) is 36.4 Å². The Labute approximate surface area is 162 Å². The number of hydrogen-bond acceptors (Lipinski definition) is 3. The minimum atomic E-state index is -0.715. The Morgan fingerprint density at radius 1 is 1.19 bits per heavy atom. The molecule has 4 nitrogen and oxygen atoms in total. The molecular formula is C23H31NO3. The second-order valence-corrected chi connectivity index (χ2v) is 7.59. The lowest BCUT2D eigenvalue weighted by molar-refractivity contribution is -0.148. The van der Waals surface area contributed by atoms with Gasteiger partial charge in [0.2, 0.25) is 0 Å². The zero-order chi connectivity index (χ0) is 19.3. The minimum absolute atomic E-state index is 0.0168. The van der Waals surface area contributed by atoms with Gasteiger partial charge in [0, 0.05) is 23.1 Å². The molecule has 0 bridgehead atoms. The summed E-state index contributed by atoms with van der Waals surface area (Å²) >= 11 is 0. The second kappa shape index (κ2) is 8.75. The van der Waals surface area contributed by atoms with Crippen LogP contribution >= 0.6 is 0 Å². The maximum absolute atomic E-state index is 13.3. The predicted molar refractivity (Wildman–Crippen MR) is 110 cm³/mol. The number of carbonyl (C=O) groups is 1. The van der Waals surface area contributed by atoms with Gasteiger partial charge in [-0.05, 0) is 50.7 Å². The zero-order valence-electron chi connectivity index (χ0n) is 16.7. The summed E-state index contributed by atoms with van der Waals surface area (Å²) in [4.78, 5) is 13.3. The van der Waals surface area contributed by atoms with Crippen molar-refractivity contribution in [2.45, 2.75) is 58.5 Å². The molecule has 0 heterocycles. The van der Waals surface area contributed by atoms with E-state index in [1.807, 2.05) is 43.3 Å². The fourth-order valence-corrected chi connectivity index (χ4v) is 4.10. The third kappa shape index (κ3) is 4.27. The van der Waals surface area contributed by atoms with Crippen molar-refractivity contribution in [2.24, 2.45) is 5.92 Å². The summed E-state index contributed by atoms with van der Waals surface area (Å²) in [5.74, 6) is 1.32. The first-order chi connectivity index (χ1) is 13.1. The van der Waals surface area contributed by atoms with Crippen molar-refractivity contribution in [1.82, 2.24) is 0 Å². The molecule has 1 aliphatic rings. The van der Waals surface area contributed by atoms with Crippen LogP contribution in [-0.4, -0.2) is 24.7 Å². The fourth-order valence-electron chi connectivity index (χ4n) is 4.10. The first kappa shape index (κ1) is 19.7. The Kier molecular flexibility index (Phi) is 6.38. The van der Waals surface area contributed by atoms with Gasteiger partial charge in [-0.25, -0.2) is 0 Å². The molecule has 2 aromatic carbocycles. The fraction of sp³-hybridized carbons (Fsp3) is 0.522. The van der Waals surface area contributed by atoms with Gasteiger partial charge in [-0.2, -0.15) is 0 Å². The molecule has 0 aromatic heterocycles. The van der Waals surface area contributed by atoms with Gasteiger partial charge in [0.1, 0.15) is 11.4 Å². The van der Waals surface area contributed by atoms with E-state index in [2.05, 4.69) is 19.2 Å². The van der Waals surface area contributed by atoms with Crippen LogP contribution in [0, 0.1) is 5.92 Å². The monoisotopic (exact) mass is 369 g/mol. The van der Waals surface area contributed by atoms with Crippen LogP contribution in [0.5, 0.6) is 5.75 Å². The highest BCUT2D eigenvalue weighted by Crippen LogP contribution is 2.38. The average molecular weight is 370 g/mol. The summed E-state index contributed by atoms with van der Waals surface area (Å²) < 4.78 is 11.9. The number of benzene rings is 2. The summed E-state index contributed by atoms with van der Waals surface area (Å²) in [7, 11) is 0. The van der Waals surface area contributed by atoms with E-state index in [0.29, 0.717) is 19.1 Å². The first-order valence-corrected chi connectivity index (χ1v) is 10.2. The number of nitrogens with one attached hydrogen (secondary N) is 1. The number of ether oxygens (including phenoxy) is 2. The van der Waals surface area contributed by atoms with Crippen LogP contribution in [0.4, 0.5) is 5.69 Å². The van der Waals surface area contributed by atoms with Gasteiger partial charge < -0.3 is 14.8 Å². The molecule has 1 amide bonds. The van der Waals surface area contributed by atoms with E-state index in [4.69, 9.17) is 9.47 Å². The Morgan fingerprint density at radius 3 is 2.67 bits per heavy atom. The lowest BCUT2D eigenvalue weighted by Gasteiger charge is -2.38. The standard InChI is InChI=1S/C23H31NO3/c1-4-15-27-23(14-8-9-17(3)16-23)22(25)24-20-12-13-21(26-5-2)19-11-7-6-10-18(19)20/h6-7,10-13,17H,4-5,8-9,14-16H2,1-3H3,(H,24,25)/t17-,23+/m0/s1. The van der Waals surface area contributed by atoms with Crippen molar-refractivity contribution in [3.63, 3.8) is 0 Å². The minimum Gasteiger partial charge on any atom is -0.493 e.